The molecule has 1 aliphatic rings. The fourth-order valence-corrected chi connectivity index (χ4v) is 4.13. The van der Waals surface area contributed by atoms with E-state index in [-0.39, 0.29) is 29.2 Å². The summed E-state index contributed by atoms with van der Waals surface area (Å²) in [5.74, 6) is 1.01. The fraction of sp³-hybridized carbons (Fsp3) is 0.435. The summed E-state index contributed by atoms with van der Waals surface area (Å²) >= 11 is 0. The lowest BCUT2D eigenvalue weighted by Gasteiger charge is -2.38. The third kappa shape index (κ3) is 5.35. The minimum absolute atomic E-state index is 0.0160. The molecule has 9 heteroatoms. The van der Waals surface area contributed by atoms with Gasteiger partial charge in [0, 0.05) is 56.2 Å². The van der Waals surface area contributed by atoms with Gasteiger partial charge in [-0.1, -0.05) is 18.2 Å². The van der Waals surface area contributed by atoms with Crippen LogP contribution >= 0.6 is 0 Å². The number of rotatable bonds is 9. The van der Waals surface area contributed by atoms with Crippen molar-refractivity contribution < 1.29 is 23.9 Å². The van der Waals surface area contributed by atoms with E-state index in [1.54, 1.807) is 43.4 Å². The smallest absolute Gasteiger partial charge is 0.273 e. The number of piperidine rings is 1. The topological polar surface area (TPSA) is 94.4 Å². The zero-order valence-electron chi connectivity index (χ0n) is 18.7. The van der Waals surface area contributed by atoms with Crippen LogP contribution in [0.25, 0.3) is 0 Å². The second-order valence-electron chi connectivity index (χ2n) is 7.63. The molecule has 1 aliphatic heterocycles. The Kier molecular flexibility index (Phi) is 8.02. The number of para-hydroxylation sites is 1. The molecule has 0 unspecified atom stereocenters. The van der Waals surface area contributed by atoms with Crippen LogP contribution in [0.15, 0.2) is 42.5 Å². The van der Waals surface area contributed by atoms with Crippen molar-refractivity contribution in [2.24, 2.45) is 0 Å². The first-order valence-electron chi connectivity index (χ1n) is 10.5. The second-order valence-corrected chi connectivity index (χ2v) is 7.63. The number of likely N-dealkylation sites (tertiary alicyclic amines) is 1. The number of anilines is 1. The van der Waals surface area contributed by atoms with Gasteiger partial charge in [0.25, 0.3) is 11.6 Å². The maximum Gasteiger partial charge on any atom is 0.273 e. The Bertz CT molecular complexity index is 943. The molecule has 1 fully saturated rings. The maximum absolute atomic E-state index is 12.9. The largest absolute Gasteiger partial charge is 0.493 e. The Labute approximate surface area is 187 Å². The molecule has 1 amide bonds. The zero-order valence-corrected chi connectivity index (χ0v) is 18.7. The Morgan fingerprint density at radius 1 is 1.09 bits per heavy atom. The van der Waals surface area contributed by atoms with Gasteiger partial charge in [0.1, 0.15) is 6.61 Å². The summed E-state index contributed by atoms with van der Waals surface area (Å²) in [4.78, 5) is 27.9. The highest BCUT2D eigenvalue weighted by atomic mass is 16.6. The number of methoxy groups -OCH3 is 3. The Balaban J connectivity index is 1.75. The highest BCUT2D eigenvalue weighted by Crippen LogP contribution is 2.34. The standard InChI is InChI=1S/C23H29N3O6/c1-30-16-23(27)25(19-8-9-21(31-2)22(14-19)32-3)18-10-12-24(13-11-18)15-17-6-4-5-7-20(17)26(28)29/h4-9,14,18H,10-13,15-16H2,1-3H3. The first-order chi connectivity index (χ1) is 15.5. The average molecular weight is 444 g/mol. The van der Waals surface area contributed by atoms with Gasteiger partial charge in [0.2, 0.25) is 0 Å². The van der Waals surface area contributed by atoms with E-state index in [0.717, 1.165) is 31.6 Å². The summed E-state index contributed by atoms with van der Waals surface area (Å²) in [7, 11) is 4.63. The molecule has 0 aliphatic carbocycles. The number of nitro benzene ring substituents is 1. The number of hydrogen-bond donors (Lipinski definition) is 0. The van der Waals surface area contributed by atoms with Gasteiger partial charge in [0.15, 0.2) is 11.5 Å². The van der Waals surface area contributed by atoms with Crippen LogP contribution in [-0.2, 0) is 16.1 Å². The number of carbonyl (C=O) groups excluding carboxylic acids is 1. The number of carbonyl (C=O) groups is 1. The molecule has 32 heavy (non-hydrogen) atoms. The molecule has 1 saturated heterocycles. The van der Waals surface area contributed by atoms with Gasteiger partial charge in [-0.15, -0.1) is 0 Å². The lowest BCUT2D eigenvalue weighted by Crippen LogP contribution is -2.48. The van der Waals surface area contributed by atoms with E-state index >= 15 is 0 Å². The molecule has 0 saturated carbocycles. The first-order valence-corrected chi connectivity index (χ1v) is 10.5. The normalized spacial score (nSPS) is 14.7. The SMILES string of the molecule is COCC(=O)N(c1ccc(OC)c(OC)c1)C1CCN(Cc2ccccc2[N+](=O)[O-])CC1. The number of nitrogens with zero attached hydrogens (tertiary/aromatic N) is 3. The minimum Gasteiger partial charge on any atom is -0.493 e. The van der Waals surface area contributed by atoms with Gasteiger partial charge in [-0.05, 0) is 25.0 Å². The van der Waals surface area contributed by atoms with E-state index in [4.69, 9.17) is 14.2 Å². The molecule has 0 aromatic heterocycles. The first kappa shape index (κ1) is 23.5. The maximum atomic E-state index is 12.9. The highest BCUT2D eigenvalue weighted by molar-refractivity contribution is 5.95. The summed E-state index contributed by atoms with van der Waals surface area (Å²) in [6.07, 6.45) is 1.48. The number of hydrogen-bond acceptors (Lipinski definition) is 7. The predicted octanol–water partition coefficient (Wildman–Crippen LogP) is 3.26. The molecule has 1 heterocycles. The van der Waals surface area contributed by atoms with Gasteiger partial charge < -0.3 is 19.1 Å². The quantitative estimate of drug-likeness (QED) is 0.434. The van der Waals surface area contributed by atoms with Crippen molar-refractivity contribution in [1.82, 2.24) is 4.90 Å². The van der Waals surface area contributed by atoms with E-state index in [9.17, 15) is 14.9 Å². The number of nitro groups is 1. The molecule has 0 atom stereocenters. The van der Waals surface area contributed by atoms with Gasteiger partial charge in [-0.25, -0.2) is 0 Å². The molecular formula is C23H29N3O6. The summed E-state index contributed by atoms with van der Waals surface area (Å²) in [6, 6.07) is 12.2. The van der Waals surface area contributed by atoms with Crippen LogP contribution in [0.4, 0.5) is 11.4 Å². The molecular weight excluding hydrogens is 414 g/mol. The number of amides is 1. The molecule has 2 aromatic carbocycles. The van der Waals surface area contributed by atoms with Crippen molar-refractivity contribution in [2.45, 2.75) is 25.4 Å². The van der Waals surface area contributed by atoms with Crippen LogP contribution in [-0.4, -0.2) is 62.8 Å². The van der Waals surface area contributed by atoms with E-state index in [2.05, 4.69) is 4.90 Å². The molecule has 0 radical (unpaired) electrons. The third-order valence-corrected chi connectivity index (χ3v) is 5.69. The Morgan fingerprint density at radius 2 is 1.78 bits per heavy atom. The predicted molar refractivity (Wildman–Crippen MR) is 120 cm³/mol. The van der Waals surface area contributed by atoms with E-state index < -0.39 is 0 Å². The molecule has 0 spiro atoms. The van der Waals surface area contributed by atoms with Gasteiger partial charge >= 0.3 is 0 Å². The number of benzene rings is 2. The molecule has 0 N–H and O–H groups in total. The lowest BCUT2D eigenvalue weighted by molar-refractivity contribution is -0.385. The van der Waals surface area contributed by atoms with Crippen molar-refractivity contribution >= 4 is 17.3 Å². The van der Waals surface area contributed by atoms with Crippen LogP contribution in [0.3, 0.4) is 0 Å². The summed E-state index contributed by atoms with van der Waals surface area (Å²) in [5.41, 5.74) is 1.56. The monoisotopic (exact) mass is 443 g/mol. The van der Waals surface area contributed by atoms with Crippen LogP contribution in [0.2, 0.25) is 0 Å². The Morgan fingerprint density at radius 3 is 2.41 bits per heavy atom. The van der Waals surface area contributed by atoms with Crippen LogP contribution in [0, 0.1) is 10.1 Å². The minimum atomic E-state index is -0.343. The van der Waals surface area contributed by atoms with Gasteiger partial charge in [0.05, 0.1) is 19.1 Å². The van der Waals surface area contributed by atoms with Gasteiger partial charge in [-0.2, -0.15) is 0 Å². The van der Waals surface area contributed by atoms with Crippen molar-refractivity contribution in [2.75, 3.05) is 45.9 Å². The highest BCUT2D eigenvalue weighted by Gasteiger charge is 2.30. The molecule has 0 bridgehead atoms. The van der Waals surface area contributed by atoms with Crippen LogP contribution in [0.1, 0.15) is 18.4 Å². The fourth-order valence-electron chi connectivity index (χ4n) is 4.13. The lowest BCUT2D eigenvalue weighted by atomic mass is 10.0. The van der Waals surface area contributed by atoms with Crippen LogP contribution in [0.5, 0.6) is 11.5 Å². The van der Waals surface area contributed by atoms with Crippen molar-refractivity contribution in [3.63, 3.8) is 0 Å². The molecule has 9 nitrogen and oxygen atoms in total. The van der Waals surface area contributed by atoms with E-state index in [0.29, 0.717) is 23.6 Å². The molecule has 172 valence electrons. The van der Waals surface area contributed by atoms with Crippen molar-refractivity contribution in [3.8, 4) is 11.5 Å². The average Bonchev–Trinajstić information content (AvgIpc) is 2.80. The zero-order chi connectivity index (χ0) is 23.1. The van der Waals surface area contributed by atoms with E-state index in [1.807, 2.05) is 12.1 Å². The van der Waals surface area contributed by atoms with Crippen molar-refractivity contribution in [3.05, 3.63) is 58.1 Å². The summed E-state index contributed by atoms with van der Waals surface area (Å²) < 4.78 is 15.8. The van der Waals surface area contributed by atoms with Crippen molar-refractivity contribution in [1.29, 1.82) is 0 Å². The van der Waals surface area contributed by atoms with Gasteiger partial charge in [-0.3, -0.25) is 19.8 Å². The summed E-state index contributed by atoms with van der Waals surface area (Å²) in [5, 5.41) is 11.3. The second kappa shape index (κ2) is 10.9. The molecule has 3 rings (SSSR count). The van der Waals surface area contributed by atoms with E-state index in [1.165, 1.54) is 13.2 Å². The number of ether oxygens (including phenoxy) is 3. The Hall–Kier alpha value is -3.17. The van der Waals surface area contributed by atoms with Crippen LogP contribution < -0.4 is 14.4 Å². The molecule has 2 aromatic rings. The third-order valence-electron chi connectivity index (χ3n) is 5.69. The summed E-state index contributed by atoms with van der Waals surface area (Å²) in [6.45, 7) is 1.93.